The van der Waals surface area contributed by atoms with Gasteiger partial charge in [0, 0.05) is 43.7 Å². The van der Waals surface area contributed by atoms with E-state index in [-0.39, 0.29) is 0 Å². The van der Waals surface area contributed by atoms with Gasteiger partial charge in [0.1, 0.15) is 11.2 Å². The molecule has 3 aromatic heterocycles. The Hall–Kier alpha value is -7.36. The van der Waals surface area contributed by atoms with Gasteiger partial charge in [0.25, 0.3) is 0 Å². The highest BCUT2D eigenvalue weighted by atomic mass is 16.3. The predicted molar refractivity (Wildman–Crippen MR) is 231 cm³/mol. The first-order valence-corrected chi connectivity index (χ1v) is 18.9. The first-order valence-electron chi connectivity index (χ1n) is 18.9. The van der Waals surface area contributed by atoms with Crippen molar-refractivity contribution < 1.29 is 4.42 Å². The molecule has 0 radical (unpaired) electrons. The Labute approximate surface area is 315 Å². The summed E-state index contributed by atoms with van der Waals surface area (Å²) in [6, 6.07) is 66.3. The number of rotatable bonds is 4. The van der Waals surface area contributed by atoms with Gasteiger partial charge in [-0.15, -0.1) is 0 Å². The fourth-order valence-corrected chi connectivity index (χ4v) is 9.70. The standard InChI is InChI=1S/C52H30N2O/c1-3-11-35(12-4-1)53-43-15-7-9-31-17-23-41-37(25-27-45(53)51(41)49(31)43)33-19-21-39-40-22-20-34(30-48(40)55-47(39)29-33)38-26-28-46-52-42(38)24-18-32-10-8-16-44(50(32)52)54(46)36-13-5-2-6-14-36/h1-30H. The second kappa shape index (κ2) is 10.6. The zero-order valence-electron chi connectivity index (χ0n) is 29.6. The number of hydrogen-bond acceptors (Lipinski definition) is 1. The van der Waals surface area contributed by atoms with E-state index in [2.05, 4.69) is 191 Å². The Kier molecular flexibility index (Phi) is 5.63. The molecule has 0 bridgehead atoms. The molecule has 0 saturated heterocycles. The monoisotopic (exact) mass is 698 g/mol. The second-order valence-corrected chi connectivity index (χ2v) is 14.9. The van der Waals surface area contributed by atoms with Crippen molar-refractivity contribution in [1.82, 2.24) is 9.13 Å². The zero-order valence-corrected chi connectivity index (χ0v) is 29.6. The number of furan rings is 1. The lowest BCUT2D eigenvalue weighted by Gasteiger charge is -2.10. The van der Waals surface area contributed by atoms with Crippen molar-refractivity contribution in [2.45, 2.75) is 0 Å². The van der Waals surface area contributed by atoms with Gasteiger partial charge in [-0.05, 0) is 117 Å². The first kappa shape index (κ1) is 29.1. The van der Waals surface area contributed by atoms with E-state index in [1.54, 1.807) is 0 Å². The minimum absolute atomic E-state index is 0.899. The summed E-state index contributed by atoms with van der Waals surface area (Å²) < 4.78 is 11.5. The van der Waals surface area contributed by atoms with Crippen LogP contribution in [0.1, 0.15) is 0 Å². The fraction of sp³-hybridized carbons (Fsp3) is 0. The highest BCUT2D eigenvalue weighted by molar-refractivity contribution is 6.28. The molecule has 0 saturated carbocycles. The summed E-state index contributed by atoms with van der Waals surface area (Å²) in [5.41, 5.74) is 13.8. The molecule has 0 N–H and O–H groups in total. The first-order chi connectivity index (χ1) is 27.3. The molecule has 13 aromatic rings. The lowest BCUT2D eigenvalue weighted by Crippen LogP contribution is -1.92. The van der Waals surface area contributed by atoms with Gasteiger partial charge in [0.05, 0.1) is 22.1 Å². The van der Waals surface area contributed by atoms with Crippen LogP contribution < -0.4 is 0 Å². The van der Waals surface area contributed by atoms with Gasteiger partial charge >= 0.3 is 0 Å². The van der Waals surface area contributed by atoms with Crippen LogP contribution in [0.25, 0.3) is 121 Å². The van der Waals surface area contributed by atoms with Crippen LogP contribution in [0.2, 0.25) is 0 Å². The third kappa shape index (κ3) is 3.89. The fourth-order valence-electron chi connectivity index (χ4n) is 9.70. The zero-order chi connectivity index (χ0) is 35.8. The number of para-hydroxylation sites is 2. The summed E-state index contributed by atoms with van der Waals surface area (Å²) in [5.74, 6) is 0. The van der Waals surface area contributed by atoms with Gasteiger partial charge in [-0.2, -0.15) is 0 Å². The van der Waals surface area contributed by atoms with Crippen LogP contribution >= 0.6 is 0 Å². The normalized spacial score (nSPS) is 12.4. The molecule has 3 heterocycles. The Morgan fingerprint density at radius 2 is 0.745 bits per heavy atom. The lowest BCUT2D eigenvalue weighted by atomic mass is 9.93. The molecule has 0 aliphatic carbocycles. The molecular formula is C52H30N2O. The topological polar surface area (TPSA) is 23.0 Å². The van der Waals surface area contributed by atoms with Crippen molar-refractivity contribution in [2.75, 3.05) is 0 Å². The molecular weight excluding hydrogens is 669 g/mol. The maximum absolute atomic E-state index is 6.74. The van der Waals surface area contributed by atoms with Gasteiger partial charge in [0.2, 0.25) is 0 Å². The van der Waals surface area contributed by atoms with E-state index in [9.17, 15) is 0 Å². The van der Waals surface area contributed by atoms with Crippen molar-refractivity contribution >= 4 is 87.1 Å². The van der Waals surface area contributed by atoms with Crippen LogP contribution in [-0.2, 0) is 0 Å². The van der Waals surface area contributed by atoms with Crippen LogP contribution in [-0.4, -0.2) is 9.13 Å². The van der Waals surface area contributed by atoms with Crippen LogP contribution in [0.15, 0.2) is 186 Å². The van der Waals surface area contributed by atoms with Crippen molar-refractivity contribution in [3.8, 4) is 33.6 Å². The van der Waals surface area contributed by atoms with Gasteiger partial charge < -0.3 is 13.6 Å². The molecule has 0 amide bonds. The number of benzene rings is 10. The predicted octanol–water partition coefficient (Wildman–Crippen LogP) is 14.3. The molecule has 0 unspecified atom stereocenters. The summed E-state index contributed by atoms with van der Waals surface area (Å²) >= 11 is 0. The molecule has 0 spiro atoms. The number of aromatic nitrogens is 2. The molecule has 10 aromatic carbocycles. The average Bonchev–Trinajstić information content (AvgIpc) is 3.91. The lowest BCUT2D eigenvalue weighted by molar-refractivity contribution is 0.669. The van der Waals surface area contributed by atoms with Gasteiger partial charge in [0.15, 0.2) is 0 Å². The number of hydrogen-bond donors (Lipinski definition) is 0. The molecule has 254 valence electrons. The van der Waals surface area contributed by atoms with E-state index >= 15 is 0 Å². The molecule has 3 heteroatoms. The summed E-state index contributed by atoms with van der Waals surface area (Å²) in [6.45, 7) is 0. The maximum Gasteiger partial charge on any atom is 0.136 e. The summed E-state index contributed by atoms with van der Waals surface area (Å²) in [4.78, 5) is 0. The maximum atomic E-state index is 6.74. The molecule has 3 nitrogen and oxygen atoms in total. The summed E-state index contributed by atoms with van der Waals surface area (Å²) in [6.07, 6.45) is 0. The average molecular weight is 699 g/mol. The Morgan fingerprint density at radius 1 is 0.309 bits per heavy atom. The quantitative estimate of drug-likeness (QED) is 0.168. The van der Waals surface area contributed by atoms with Crippen LogP contribution in [0, 0.1) is 0 Å². The summed E-state index contributed by atoms with van der Waals surface area (Å²) in [7, 11) is 0. The van der Waals surface area contributed by atoms with Crippen LogP contribution in [0.4, 0.5) is 0 Å². The molecule has 0 fully saturated rings. The van der Waals surface area contributed by atoms with Crippen LogP contribution in [0.3, 0.4) is 0 Å². The Morgan fingerprint density at radius 3 is 1.22 bits per heavy atom. The van der Waals surface area contributed by atoms with E-state index < -0.39 is 0 Å². The van der Waals surface area contributed by atoms with E-state index in [1.807, 2.05) is 0 Å². The van der Waals surface area contributed by atoms with E-state index in [4.69, 9.17) is 4.42 Å². The van der Waals surface area contributed by atoms with Crippen molar-refractivity contribution in [1.29, 1.82) is 0 Å². The third-order valence-corrected chi connectivity index (χ3v) is 12.0. The van der Waals surface area contributed by atoms with Crippen molar-refractivity contribution in [3.05, 3.63) is 182 Å². The second-order valence-electron chi connectivity index (χ2n) is 14.9. The van der Waals surface area contributed by atoms with E-state index in [0.717, 1.165) is 33.1 Å². The Balaban J connectivity index is 0.967. The van der Waals surface area contributed by atoms with Crippen molar-refractivity contribution in [3.63, 3.8) is 0 Å². The Bertz CT molecular complexity index is 3400. The SMILES string of the molecule is c1ccc(-n2c3cccc4ccc5c(-c6ccc7c(c6)oc6cc(-c8ccc9c%10c8ccc8cccc(c8%10)n9-c8ccccc8)ccc67)ccc2c5c43)cc1. The minimum Gasteiger partial charge on any atom is -0.456 e. The molecule has 0 atom stereocenters. The minimum atomic E-state index is 0.899. The molecule has 13 rings (SSSR count). The largest absolute Gasteiger partial charge is 0.456 e. The summed E-state index contributed by atoms with van der Waals surface area (Å²) in [5, 5.41) is 12.5. The molecule has 55 heavy (non-hydrogen) atoms. The van der Waals surface area contributed by atoms with Gasteiger partial charge in [-0.3, -0.25) is 0 Å². The van der Waals surface area contributed by atoms with Crippen LogP contribution in [0.5, 0.6) is 0 Å². The smallest absolute Gasteiger partial charge is 0.136 e. The van der Waals surface area contributed by atoms with Gasteiger partial charge in [-0.1, -0.05) is 109 Å². The molecule has 0 aliphatic rings. The van der Waals surface area contributed by atoms with Crippen molar-refractivity contribution in [2.24, 2.45) is 0 Å². The van der Waals surface area contributed by atoms with E-state index in [1.165, 1.54) is 87.7 Å². The van der Waals surface area contributed by atoms with Gasteiger partial charge in [-0.25, -0.2) is 0 Å². The number of fused-ring (bicyclic) bond motifs is 3. The molecule has 0 aliphatic heterocycles. The van der Waals surface area contributed by atoms with E-state index in [0.29, 0.717) is 0 Å². The third-order valence-electron chi connectivity index (χ3n) is 12.0. The number of nitrogens with zero attached hydrogens (tertiary/aromatic N) is 2. The highest BCUT2D eigenvalue weighted by Gasteiger charge is 2.21. The highest BCUT2D eigenvalue weighted by Crippen LogP contribution is 2.45.